The van der Waals surface area contributed by atoms with Crippen molar-refractivity contribution in [3.05, 3.63) is 180 Å². The van der Waals surface area contributed by atoms with Crippen LogP contribution >= 0.6 is 31.9 Å². The molecule has 53 heavy (non-hydrogen) atoms. The van der Waals surface area contributed by atoms with Gasteiger partial charge in [-0.2, -0.15) is 4.39 Å². The number of nitro benzene ring substituents is 2. The fourth-order valence-electron chi connectivity index (χ4n) is 5.79. The summed E-state index contributed by atoms with van der Waals surface area (Å²) in [5.74, 6) is -0.829. The van der Waals surface area contributed by atoms with E-state index in [0.29, 0.717) is 10.2 Å². The molecule has 10 nitrogen and oxygen atoms in total. The van der Waals surface area contributed by atoms with Crippen LogP contribution in [0, 0.1) is 26.0 Å². The molecular formula is C38H26Br2Cs2FN3O7. The number of nitro groups is 2. The number of carbonyl (C=O) groups is 1. The molecule has 0 bridgehead atoms. The Labute approximate surface area is 438 Å². The summed E-state index contributed by atoms with van der Waals surface area (Å²) >= 11 is 6.17. The smallest absolute Gasteiger partial charge is 1.00 e. The Hall–Kier alpha value is -1.66. The van der Waals surface area contributed by atoms with Gasteiger partial charge in [0.2, 0.25) is 5.82 Å². The zero-order valence-corrected chi connectivity index (χ0v) is 44.1. The van der Waals surface area contributed by atoms with Crippen LogP contribution in [0.2, 0.25) is 0 Å². The van der Waals surface area contributed by atoms with E-state index in [1.807, 2.05) is 59.2 Å². The summed E-state index contributed by atoms with van der Waals surface area (Å²) in [6, 6.07) is 42.4. The number of carbonyl (C=O) groups excluding carboxylic acids is 1. The van der Waals surface area contributed by atoms with Crippen LogP contribution in [0.25, 0.3) is 38.6 Å². The summed E-state index contributed by atoms with van der Waals surface area (Å²) in [5.41, 5.74) is 7.77. The molecule has 1 aliphatic carbocycles. The number of hydrogen-bond donors (Lipinski definition) is 0. The van der Waals surface area contributed by atoms with Gasteiger partial charge >= 0.3 is 149 Å². The quantitative estimate of drug-likeness (QED) is 0.113. The average molecular weight is 1080 g/mol. The molecule has 6 aromatic carbocycles. The summed E-state index contributed by atoms with van der Waals surface area (Å²) in [6.07, 6.45) is 1.10. The number of benzene rings is 6. The molecule has 1 aromatic heterocycles. The maximum atomic E-state index is 12.6. The van der Waals surface area contributed by atoms with Crippen LogP contribution < -0.4 is 143 Å². The summed E-state index contributed by atoms with van der Waals surface area (Å²) in [7, 11) is 0. The normalized spacial score (nSPS) is 10.3. The Morgan fingerprint density at radius 3 is 1.49 bits per heavy atom. The van der Waals surface area contributed by atoms with Crippen molar-refractivity contribution in [2.45, 2.75) is 6.42 Å². The molecule has 0 unspecified atom stereocenters. The molecule has 1 heterocycles. The maximum absolute atomic E-state index is 12.6. The molecular weight excluding hydrogens is 1060 g/mol. The monoisotopic (exact) mass is 1080 g/mol. The van der Waals surface area contributed by atoms with Gasteiger partial charge in [-0.1, -0.05) is 97.1 Å². The van der Waals surface area contributed by atoms with E-state index in [4.69, 9.17) is 10.1 Å². The van der Waals surface area contributed by atoms with Gasteiger partial charge in [-0.05, 0) is 96.9 Å². The van der Waals surface area contributed by atoms with Crippen molar-refractivity contribution in [2.75, 3.05) is 0 Å². The maximum Gasteiger partial charge on any atom is 1.00 e. The molecule has 258 valence electrons. The third kappa shape index (κ3) is 11.0. The van der Waals surface area contributed by atoms with Crippen LogP contribution in [0.4, 0.5) is 15.8 Å². The third-order valence-corrected chi connectivity index (χ3v) is 9.11. The second kappa shape index (κ2) is 22.2. The van der Waals surface area contributed by atoms with E-state index in [2.05, 4.69) is 85.3 Å². The van der Waals surface area contributed by atoms with Crippen LogP contribution in [0.5, 0.6) is 0 Å². The SMILES string of the molecule is O=CO[O-].O=[N+]([O-])c1c(Br)cccc1-n1c2ccccc2c2ccccc21.O=[N+]([O-])c1c(F)cccc1Br.[Cs+].[Cs+].[H-].c1ccc2c(c1)Cc1ccccc1-2. The van der Waals surface area contributed by atoms with Crippen molar-refractivity contribution in [3.8, 4) is 16.8 Å². The van der Waals surface area contributed by atoms with E-state index < -0.39 is 16.4 Å². The minimum Gasteiger partial charge on any atom is -1.00 e. The zero-order chi connectivity index (χ0) is 36.5. The minimum absolute atomic E-state index is 0. The summed E-state index contributed by atoms with van der Waals surface area (Å²) in [6.45, 7) is -0.181. The number of fused-ring (bicyclic) bond motifs is 6. The minimum atomic E-state index is -0.829. The van der Waals surface area contributed by atoms with Crippen molar-refractivity contribution in [2.24, 2.45) is 0 Å². The van der Waals surface area contributed by atoms with Crippen LogP contribution in [0.3, 0.4) is 0 Å². The van der Waals surface area contributed by atoms with Crippen molar-refractivity contribution < 1.29 is 168 Å². The molecule has 0 amide bonds. The fourth-order valence-corrected chi connectivity index (χ4v) is 6.78. The van der Waals surface area contributed by atoms with Gasteiger partial charge in [-0.3, -0.25) is 25.0 Å². The number of hydrogen-bond acceptors (Lipinski definition) is 7. The van der Waals surface area contributed by atoms with Gasteiger partial charge in [0.1, 0.15) is 5.69 Å². The summed E-state index contributed by atoms with van der Waals surface area (Å²) in [5, 5.41) is 32.3. The summed E-state index contributed by atoms with van der Waals surface area (Å²) < 4.78 is 15.2. The summed E-state index contributed by atoms with van der Waals surface area (Å²) in [4.78, 5) is 31.9. The molecule has 0 N–H and O–H groups in total. The topological polar surface area (TPSA) is 141 Å². The van der Waals surface area contributed by atoms with Crippen molar-refractivity contribution in [3.63, 3.8) is 0 Å². The third-order valence-electron chi connectivity index (χ3n) is 7.83. The molecule has 1 aliphatic rings. The fraction of sp³-hybridized carbons (Fsp3) is 0.0263. The first-order valence-electron chi connectivity index (χ1n) is 15.1. The largest absolute Gasteiger partial charge is 1.00 e. The molecule has 0 aliphatic heterocycles. The van der Waals surface area contributed by atoms with Gasteiger partial charge in [0.15, 0.2) is 0 Å². The molecule has 0 spiro atoms. The van der Waals surface area contributed by atoms with E-state index in [1.54, 1.807) is 12.1 Å². The Balaban J connectivity index is 0.000000279. The number of aromatic nitrogens is 1. The van der Waals surface area contributed by atoms with Gasteiger partial charge in [0, 0.05) is 10.8 Å². The second-order valence-electron chi connectivity index (χ2n) is 10.7. The molecule has 7 aromatic rings. The van der Waals surface area contributed by atoms with Crippen LogP contribution in [0.1, 0.15) is 12.6 Å². The van der Waals surface area contributed by atoms with E-state index in [0.717, 1.165) is 34.3 Å². The molecule has 0 fully saturated rings. The molecule has 8 rings (SSSR count). The van der Waals surface area contributed by atoms with Gasteiger partial charge in [0.25, 0.3) is 6.47 Å². The van der Waals surface area contributed by atoms with Crippen LogP contribution in [0.15, 0.2) is 142 Å². The number of para-hydroxylation sites is 4. The Kier molecular flexibility index (Phi) is 19.1. The van der Waals surface area contributed by atoms with Gasteiger partial charge in [-0.25, -0.2) is 0 Å². The Morgan fingerprint density at radius 1 is 0.642 bits per heavy atom. The predicted molar refractivity (Wildman–Crippen MR) is 199 cm³/mol. The molecule has 0 saturated carbocycles. The molecule has 0 radical (unpaired) electrons. The second-order valence-corrected chi connectivity index (χ2v) is 12.5. The van der Waals surface area contributed by atoms with Crippen LogP contribution in [-0.4, -0.2) is 20.9 Å². The van der Waals surface area contributed by atoms with Crippen molar-refractivity contribution in [1.82, 2.24) is 4.57 Å². The standard InChI is InChI=1S/C18H11BrN2O2.C13H10.C6H3BrFNO2.CH2O3.2Cs.H/c19-14-8-5-11-17(18(14)21(22)23)20-15-9-3-1-6-12(15)13-7-2-4-10-16(13)20;1-3-7-12-10(5-1)9-11-6-2-4-8-13(11)12;7-4-2-1-3-5(8)6(4)9(10)11;2-1-4-3;;;/h1-11H;1-8H,9H2;1-3H;1,3H;;;/q;;;;2*+1;-1/p-1. The molecule has 0 atom stereocenters. The van der Waals surface area contributed by atoms with Gasteiger partial charge < -0.3 is 16.1 Å². The van der Waals surface area contributed by atoms with Crippen molar-refractivity contribution >= 4 is 71.5 Å². The van der Waals surface area contributed by atoms with E-state index in [-0.39, 0.29) is 161 Å². The first-order valence-corrected chi connectivity index (χ1v) is 16.6. The first kappa shape index (κ1) is 45.7. The number of rotatable bonds is 4. The Bertz CT molecular complexity index is 2290. The van der Waals surface area contributed by atoms with E-state index in [1.165, 1.54) is 34.4 Å². The molecule has 0 saturated heterocycles. The zero-order valence-electron chi connectivity index (χ0n) is 29.3. The number of nitrogens with zero attached hydrogens (tertiary/aromatic N) is 3. The number of halogens is 3. The van der Waals surface area contributed by atoms with Crippen LogP contribution in [-0.2, 0) is 16.1 Å². The van der Waals surface area contributed by atoms with Gasteiger partial charge in [0.05, 0.1) is 29.8 Å². The molecule has 15 heteroatoms. The van der Waals surface area contributed by atoms with E-state index in [9.17, 15) is 24.6 Å². The predicted octanol–water partition coefficient (Wildman–Crippen LogP) is 3.76. The average Bonchev–Trinajstić information content (AvgIpc) is 3.68. The van der Waals surface area contributed by atoms with Crippen molar-refractivity contribution in [1.29, 1.82) is 0 Å². The van der Waals surface area contributed by atoms with Gasteiger partial charge in [-0.15, -0.1) is 0 Å². The Morgan fingerprint density at radius 2 is 1.06 bits per heavy atom. The van der Waals surface area contributed by atoms with E-state index >= 15 is 0 Å². The first-order chi connectivity index (χ1) is 24.7.